The van der Waals surface area contributed by atoms with Crippen LogP contribution in [0.15, 0.2) is 30.7 Å². The van der Waals surface area contributed by atoms with Crippen LogP contribution in [-0.2, 0) is 12.1 Å². The van der Waals surface area contributed by atoms with Gasteiger partial charge in [-0.1, -0.05) is 6.07 Å². The first-order valence-electron chi connectivity index (χ1n) is 6.42. The number of hydrogen-bond acceptors (Lipinski definition) is 3. The fraction of sp³-hybridized carbons (Fsp3) is 0.214. The molecule has 2 aromatic heterocycles. The van der Waals surface area contributed by atoms with Crippen LogP contribution in [0, 0.1) is 0 Å². The third-order valence-corrected chi connectivity index (χ3v) is 3.30. The predicted octanol–water partition coefficient (Wildman–Crippen LogP) is 4.15. The van der Waals surface area contributed by atoms with E-state index in [9.17, 15) is 22.0 Å². The maximum Gasteiger partial charge on any atom is 0.418 e. The Labute approximate surface area is 126 Å². The summed E-state index contributed by atoms with van der Waals surface area (Å²) in [5.41, 5.74) is -1.07. The molecule has 0 amide bonds. The van der Waals surface area contributed by atoms with Crippen molar-refractivity contribution in [2.75, 3.05) is 0 Å². The van der Waals surface area contributed by atoms with E-state index in [1.807, 2.05) is 0 Å². The Morgan fingerprint density at radius 3 is 2.26 bits per heavy atom. The Morgan fingerprint density at radius 1 is 0.957 bits per heavy atom. The predicted molar refractivity (Wildman–Crippen MR) is 71.7 cm³/mol. The fourth-order valence-electron chi connectivity index (χ4n) is 2.19. The number of nitrogens with one attached hydrogen (secondary N) is 1. The van der Waals surface area contributed by atoms with Gasteiger partial charge in [-0.25, -0.2) is 0 Å². The van der Waals surface area contributed by atoms with Crippen molar-refractivity contribution >= 4 is 10.9 Å². The molecule has 0 fully saturated rings. The molecule has 2 heterocycles. The summed E-state index contributed by atoms with van der Waals surface area (Å²) < 4.78 is 65.1. The second-order valence-corrected chi connectivity index (χ2v) is 4.99. The van der Waals surface area contributed by atoms with Gasteiger partial charge in [0.2, 0.25) is 0 Å². The standard InChI is InChI=1S/C14H9F5N4/c1-13(15,16)11-6-20-10(5-21-11)7-2-3-9(14(17,18)19)12-8(7)4-22-23-12/h2-6H,1H3,(H,22,23). The zero-order chi connectivity index (χ0) is 16.8. The Morgan fingerprint density at radius 2 is 1.70 bits per heavy atom. The third kappa shape index (κ3) is 2.73. The van der Waals surface area contributed by atoms with Gasteiger partial charge in [-0.05, 0) is 6.07 Å². The van der Waals surface area contributed by atoms with Gasteiger partial charge in [-0.3, -0.25) is 15.1 Å². The lowest BCUT2D eigenvalue weighted by Gasteiger charge is -2.11. The Bertz CT molecular complexity index is 846. The minimum absolute atomic E-state index is 0.179. The average molecular weight is 328 g/mol. The highest BCUT2D eigenvalue weighted by atomic mass is 19.4. The zero-order valence-corrected chi connectivity index (χ0v) is 11.6. The van der Waals surface area contributed by atoms with Gasteiger partial charge in [-0.15, -0.1) is 0 Å². The van der Waals surface area contributed by atoms with Crippen LogP contribution in [0.25, 0.3) is 22.2 Å². The van der Waals surface area contributed by atoms with Crippen molar-refractivity contribution in [2.24, 2.45) is 0 Å². The minimum Gasteiger partial charge on any atom is -0.277 e. The van der Waals surface area contributed by atoms with E-state index in [2.05, 4.69) is 20.2 Å². The largest absolute Gasteiger partial charge is 0.418 e. The molecule has 0 saturated carbocycles. The molecule has 0 unspecified atom stereocenters. The number of nitrogens with zero attached hydrogens (tertiary/aromatic N) is 3. The number of H-pyrrole nitrogens is 1. The van der Waals surface area contributed by atoms with Crippen molar-refractivity contribution in [1.29, 1.82) is 0 Å². The maximum atomic E-state index is 13.1. The molecule has 0 radical (unpaired) electrons. The minimum atomic E-state index is -4.54. The van der Waals surface area contributed by atoms with E-state index in [0.717, 1.165) is 18.5 Å². The number of alkyl halides is 5. The van der Waals surface area contributed by atoms with Crippen LogP contribution in [0.3, 0.4) is 0 Å². The molecule has 1 N–H and O–H groups in total. The molecule has 3 rings (SSSR count). The molecule has 0 bridgehead atoms. The molecular weight excluding hydrogens is 319 g/mol. The number of fused-ring (bicyclic) bond motifs is 1. The molecule has 23 heavy (non-hydrogen) atoms. The zero-order valence-electron chi connectivity index (χ0n) is 11.6. The summed E-state index contributed by atoms with van der Waals surface area (Å²) in [4.78, 5) is 7.49. The summed E-state index contributed by atoms with van der Waals surface area (Å²) >= 11 is 0. The Balaban J connectivity index is 2.13. The quantitative estimate of drug-likeness (QED) is 0.719. The van der Waals surface area contributed by atoms with Gasteiger partial charge >= 0.3 is 6.18 Å². The second-order valence-electron chi connectivity index (χ2n) is 4.99. The third-order valence-electron chi connectivity index (χ3n) is 3.30. The van der Waals surface area contributed by atoms with Crippen LogP contribution in [0.2, 0.25) is 0 Å². The van der Waals surface area contributed by atoms with E-state index in [1.165, 1.54) is 12.3 Å². The number of rotatable bonds is 2. The van der Waals surface area contributed by atoms with Gasteiger partial charge in [0.15, 0.2) is 0 Å². The molecule has 0 aliphatic heterocycles. The van der Waals surface area contributed by atoms with E-state index in [4.69, 9.17) is 0 Å². The van der Waals surface area contributed by atoms with Crippen LogP contribution in [0.5, 0.6) is 0 Å². The smallest absolute Gasteiger partial charge is 0.277 e. The van der Waals surface area contributed by atoms with Crippen molar-refractivity contribution < 1.29 is 22.0 Å². The molecule has 9 heteroatoms. The first kappa shape index (κ1) is 15.3. The van der Waals surface area contributed by atoms with Gasteiger partial charge in [0, 0.05) is 17.9 Å². The SMILES string of the molecule is CC(F)(F)c1cnc(-c2ccc(C(F)(F)F)c3[nH]ncc23)cn1. The van der Waals surface area contributed by atoms with Gasteiger partial charge in [-0.2, -0.15) is 27.1 Å². The highest BCUT2D eigenvalue weighted by molar-refractivity contribution is 5.95. The summed E-state index contributed by atoms with van der Waals surface area (Å²) in [6.07, 6.45) is -1.31. The second kappa shape index (κ2) is 4.97. The number of benzene rings is 1. The molecule has 4 nitrogen and oxygen atoms in total. The van der Waals surface area contributed by atoms with Crippen molar-refractivity contribution in [1.82, 2.24) is 20.2 Å². The van der Waals surface area contributed by atoms with E-state index in [1.54, 1.807) is 0 Å². The molecule has 1 aromatic carbocycles. The molecule has 0 aliphatic rings. The van der Waals surface area contributed by atoms with Crippen molar-refractivity contribution in [3.63, 3.8) is 0 Å². The summed E-state index contributed by atoms with van der Waals surface area (Å²) in [7, 11) is 0. The molecule has 0 atom stereocenters. The molecular formula is C14H9F5N4. The van der Waals surface area contributed by atoms with Crippen LogP contribution < -0.4 is 0 Å². The normalized spacial score (nSPS) is 12.8. The lowest BCUT2D eigenvalue weighted by Crippen LogP contribution is -2.10. The van der Waals surface area contributed by atoms with Crippen LogP contribution in [-0.4, -0.2) is 20.2 Å². The lowest BCUT2D eigenvalue weighted by atomic mass is 10.0. The van der Waals surface area contributed by atoms with Crippen LogP contribution >= 0.6 is 0 Å². The summed E-state index contributed by atoms with van der Waals surface area (Å²) in [5, 5.41) is 6.11. The highest BCUT2D eigenvalue weighted by Crippen LogP contribution is 2.37. The summed E-state index contributed by atoms with van der Waals surface area (Å²) in [5.74, 6) is -3.14. The molecule has 0 saturated heterocycles. The van der Waals surface area contributed by atoms with Crippen LogP contribution in [0.4, 0.5) is 22.0 Å². The fourth-order valence-corrected chi connectivity index (χ4v) is 2.19. The van der Waals surface area contributed by atoms with Crippen molar-refractivity contribution in [2.45, 2.75) is 19.0 Å². The van der Waals surface area contributed by atoms with E-state index in [-0.39, 0.29) is 16.6 Å². The topological polar surface area (TPSA) is 54.5 Å². The molecule has 0 aliphatic carbocycles. The lowest BCUT2D eigenvalue weighted by molar-refractivity contribution is -0.136. The van der Waals surface area contributed by atoms with Crippen LogP contribution in [0.1, 0.15) is 18.2 Å². The first-order chi connectivity index (χ1) is 10.7. The van der Waals surface area contributed by atoms with E-state index < -0.39 is 23.4 Å². The van der Waals surface area contributed by atoms with Gasteiger partial charge in [0.1, 0.15) is 5.69 Å². The summed E-state index contributed by atoms with van der Waals surface area (Å²) in [6.45, 7) is 0.684. The number of hydrogen-bond donors (Lipinski definition) is 1. The molecule has 120 valence electrons. The van der Waals surface area contributed by atoms with Crippen molar-refractivity contribution in [3.8, 4) is 11.3 Å². The summed E-state index contributed by atoms with van der Waals surface area (Å²) in [6, 6.07) is 2.11. The van der Waals surface area contributed by atoms with Gasteiger partial charge in [0.25, 0.3) is 5.92 Å². The highest BCUT2D eigenvalue weighted by Gasteiger charge is 2.34. The number of aromatic nitrogens is 4. The first-order valence-corrected chi connectivity index (χ1v) is 6.42. The molecule has 0 spiro atoms. The number of aromatic amines is 1. The maximum absolute atomic E-state index is 13.1. The average Bonchev–Trinajstić information content (AvgIpc) is 2.93. The monoisotopic (exact) mass is 328 g/mol. The van der Waals surface area contributed by atoms with Gasteiger partial charge in [0.05, 0.1) is 35.4 Å². The Kier molecular flexibility index (Phi) is 3.31. The van der Waals surface area contributed by atoms with E-state index >= 15 is 0 Å². The Hall–Kier alpha value is -2.58. The van der Waals surface area contributed by atoms with Crippen molar-refractivity contribution in [3.05, 3.63) is 42.0 Å². The number of halogens is 5. The van der Waals surface area contributed by atoms with E-state index in [0.29, 0.717) is 12.5 Å². The molecule has 3 aromatic rings. The van der Waals surface area contributed by atoms with Gasteiger partial charge < -0.3 is 0 Å².